The molecule has 1 unspecified atom stereocenters. The van der Waals surface area contributed by atoms with Crippen LogP contribution in [0.15, 0.2) is 24.4 Å². The second-order valence-electron chi connectivity index (χ2n) is 5.06. The van der Waals surface area contributed by atoms with E-state index in [9.17, 15) is 9.59 Å². The van der Waals surface area contributed by atoms with Crippen LogP contribution in [0.4, 0.5) is 0 Å². The zero-order chi connectivity index (χ0) is 13.8. The number of nitrogens with one attached hydrogen (secondary N) is 1. The van der Waals surface area contributed by atoms with E-state index in [1.54, 1.807) is 11.1 Å². The molecule has 0 bridgehead atoms. The summed E-state index contributed by atoms with van der Waals surface area (Å²) in [5.74, 6) is 0.0258. The van der Waals surface area contributed by atoms with Crippen molar-refractivity contribution < 1.29 is 9.59 Å². The van der Waals surface area contributed by atoms with Gasteiger partial charge in [0.1, 0.15) is 6.04 Å². The molecule has 1 saturated heterocycles. The summed E-state index contributed by atoms with van der Waals surface area (Å²) < 4.78 is 0. The van der Waals surface area contributed by atoms with Gasteiger partial charge in [-0.05, 0) is 18.1 Å². The number of hydrogen-bond acceptors (Lipinski definition) is 3. The van der Waals surface area contributed by atoms with Gasteiger partial charge in [-0.25, -0.2) is 0 Å². The van der Waals surface area contributed by atoms with Crippen molar-refractivity contribution in [2.24, 2.45) is 5.92 Å². The highest BCUT2D eigenvalue weighted by Gasteiger charge is 2.35. The minimum atomic E-state index is -0.370. The molecule has 5 nitrogen and oxygen atoms in total. The maximum absolute atomic E-state index is 12.0. The van der Waals surface area contributed by atoms with Crippen molar-refractivity contribution in [2.45, 2.75) is 26.3 Å². The highest BCUT2D eigenvalue weighted by Crippen LogP contribution is 2.15. The first-order valence-electron chi connectivity index (χ1n) is 6.56. The third-order valence-corrected chi connectivity index (χ3v) is 3.31. The van der Waals surface area contributed by atoms with Gasteiger partial charge in [0.25, 0.3) is 0 Å². The van der Waals surface area contributed by atoms with Gasteiger partial charge in [0.2, 0.25) is 11.8 Å². The second-order valence-corrected chi connectivity index (χ2v) is 5.06. The van der Waals surface area contributed by atoms with Crippen LogP contribution in [-0.2, 0) is 16.0 Å². The van der Waals surface area contributed by atoms with Gasteiger partial charge in [-0.15, -0.1) is 0 Å². The van der Waals surface area contributed by atoms with Crippen molar-refractivity contribution in [2.75, 3.05) is 13.1 Å². The largest absolute Gasteiger partial charge is 0.345 e. The zero-order valence-electron chi connectivity index (χ0n) is 11.3. The number of nitrogens with zero attached hydrogens (tertiary/aromatic N) is 2. The first-order valence-corrected chi connectivity index (χ1v) is 6.56. The van der Waals surface area contributed by atoms with Crippen molar-refractivity contribution >= 4 is 11.8 Å². The third kappa shape index (κ3) is 3.10. The summed E-state index contributed by atoms with van der Waals surface area (Å²) in [5, 5.41) is 2.65. The third-order valence-electron chi connectivity index (χ3n) is 3.31. The molecule has 0 saturated carbocycles. The van der Waals surface area contributed by atoms with Crippen LogP contribution in [0.1, 0.15) is 19.5 Å². The number of pyridine rings is 1. The first kappa shape index (κ1) is 13.5. The molecule has 0 aliphatic carbocycles. The Kier molecular flexibility index (Phi) is 4.14. The molecule has 102 valence electrons. The predicted octanol–water partition coefficient (Wildman–Crippen LogP) is 0.607. The summed E-state index contributed by atoms with van der Waals surface area (Å²) in [5.41, 5.74) is 0.934. The van der Waals surface area contributed by atoms with Crippen LogP contribution in [0.5, 0.6) is 0 Å². The molecule has 1 aromatic rings. The van der Waals surface area contributed by atoms with E-state index in [1.165, 1.54) is 0 Å². The molecule has 5 heteroatoms. The number of carbonyl (C=O) groups is 2. The van der Waals surface area contributed by atoms with E-state index in [-0.39, 0.29) is 30.3 Å². The van der Waals surface area contributed by atoms with Gasteiger partial charge in [-0.2, -0.15) is 0 Å². The molecule has 0 spiro atoms. The van der Waals surface area contributed by atoms with Crippen molar-refractivity contribution in [3.8, 4) is 0 Å². The van der Waals surface area contributed by atoms with Crippen LogP contribution in [-0.4, -0.2) is 40.8 Å². The Hall–Kier alpha value is -1.91. The van der Waals surface area contributed by atoms with Crippen molar-refractivity contribution in [1.29, 1.82) is 0 Å². The maximum Gasteiger partial charge on any atom is 0.243 e. The fourth-order valence-corrected chi connectivity index (χ4v) is 2.37. The lowest BCUT2D eigenvalue weighted by Gasteiger charge is -2.37. The van der Waals surface area contributed by atoms with Gasteiger partial charge < -0.3 is 10.2 Å². The number of carbonyl (C=O) groups excluding carboxylic acids is 2. The van der Waals surface area contributed by atoms with E-state index in [1.807, 2.05) is 32.0 Å². The lowest BCUT2D eigenvalue weighted by molar-refractivity contribution is -0.147. The van der Waals surface area contributed by atoms with E-state index in [2.05, 4.69) is 10.3 Å². The Morgan fingerprint density at radius 3 is 2.84 bits per heavy atom. The standard InChI is InChI=1S/C14H19N3O2/c1-10(2)13-14(19)16-9-12(18)17(13)8-6-11-5-3-4-7-15-11/h3-5,7,10,13H,6,8-9H2,1-2H3,(H,16,19). The average molecular weight is 261 g/mol. The molecular weight excluding hydrogens is 242 g/mol. The maximum atomic E-state index is 12.0. The fraction of sp³-hybridized carbons (Fsp3) is 0.500. The van der Waals surface area contributed by atoms with Crippen LogP contribution in [0.2, 0.25) is 0 Å². The van der Waals surface area contributed by atoms with Crippen LogP contribution >= 0.6 is 0 Å². The summed E-state index contributed by atoms with van der Waals surface area (Å²) in [7, 11) is 0. The Labute approximate surface area is 113 Å². The molecule has 1 N–H and O–H groups in total. The normalized spacial score (nSPS) is 19.7. The quantitative estimate of drug-likeness (QED) is 0.863. The molecule has 2 rings (SSSR count). The molecule has 0 radical (unpaired) electrons. The van der Waals surface area contributed by atoms with Gasteiger partial charge in [0, 0.05) is 24.9 Å². The van der Waals surface area contributed by atoms with Crippen molar-refractivity contribution in [1.82, 2.24) is 15.2 Å². The average Bonchev–Trinajstić information content (AvgIpc) is 2.40. The molecule has 2 amide bonds. The summed E-state index contributed by atoms with van der Waals surface area (Å²) in [6.07, 6.45) is 2.41. The number of hydrogen-bond donors (Lipinski definition) is 1. The Morgan fingerprint density at radius 1 is 1.42 bits per heavy atom. The topological polar surface area (TPSA) is 62.3 Å². The summed E-state index contributed by atoms with van der Waals surface area (Å²) >= 11 is 0. The monoisotopic (exact) mass is 261 g/mol. The molecule has 2 heterocycles. The lowest BCUT2D eigenvalue weighted by atomic mass is 9.99. The number of aromatic nitrogens is 1. The molecule has 1 fully saturated rings. The van der Waals surface area contributed by atoms with Crippen molar-refractivity contribution in [3.63, 3.8) is 0 Å². The minimum absolute atomic E-state index is 0.0192. The summed E-state index contributed by atoms with van der Waals surface area (Å²) in [6.45, 7) is 4.55. The summed E-state index contributed by atoms with van der Waals surface area (Å²) in [4.78, 5) is 29.8. The van der Waals surface area contributed by atoms with Gasteiger partial charge >= 0.3 is 0 Å². The first-order chi connectivity index (χ1) is 9.09. The van der Waals surface area contributed by atoms with Gasteiger partial charge in [0.05, 0.1) is 6.54 Å². The molecule has 0 aromatic carbocycles. The van der Waals surface area contributed by atoms with Crippen LogP contribution in [0, 0.1) is 5.92 Å². The van der Waals surface area contributed by atoms with Crippen molar-refractivity contribution in [3.05, 3.63) is 30.1 Å². The minimum Gasteiger partial charge on any atom is -0.345 e. The van der Waals surface area contributed by atoms with E-state index in [0.717, 1.165) is 5.69 Å². The van der Waals surface area contributed by atoms with Crippen LogP contribution in [0.3, 0.4) is 0 Å². The number of rotatable bonds is 4. The lowest BCUT2D eigenvalue weighted by Crippen LogP contribution is -2.60. The SMILES string of the molecule is CC(C)C1C(=O)NCC(=O)N1CCc1ccccn1. The van der Waals surface area contributed by atoms with E-state index in [4.69, 9.17) is 0 Å². The van der Waals surface area contributed by atoms with E-state index >= 15 is 0 Å². The molecule has 1 aliphatic heterocycles. The van der Waals surface area contributed by atoms with Crippen LogP contribution < -0.4 is 5.32 Å². The highest BCUT2D eigenvalue weighted by molar-refractivity contribution is 5.94. The summed E-state index contributed by atoms with van der Waals surface area (Å²) in [6, 6.07) is 5.34. The molecular formula is C14H19N3O2. The Morgan fingerprint density at radius 2 is 2.21 bits per heavy atom. The van der Waals surface area contributed by atoms with E-state index < -0.39 is 0 Å². The zero-order valence-corrected chi connectivity index (χ0v) is 11.3. The molecule has 1 aromatic heterocycles. The Balaban J connectivity index is 2.06. The molecule has 19 heavy (non-hydrogen) atoms. The highest BCUT2D eigenvalue weighted by atomic mass is 16.2. The van der Waals surface area contributed by atoms with E-state index in [0.29, 0.717) is 13.0 Å². The van der Waals surface area contributed by atoms with Gasteiger partial charge in [-0.3, -0.25) is 14.6 Å². The number of amides is 2. The smallest absolute Gasteiger partial charge is 0.243 e. The fourth-order valence-electron chi connectivity index (χ4n) is 2.37. The Bertz CT molecular complexity index is 459. The predicted molar refractivity (Wildman–Crippen MR) is 71.3 cm³/mol. The second kappa shape index (κ2) is 5.82. The number of piperazine rings is 1. The van der Waals surface area contributed by atoms with Gasteiger partial charge in [0.15, 0.2) is 0 Å². The van der Waals surface area contributed by atoms with Gasteiger partial charge in [-0.1, -0.05) is 19.9 Å². The molecule has 1 atom stereocenters. The molecule has 1 aliphatic rings. The van der Waals surface area contributed by atoms with Crippen LogP contribution in [0.25, 0.3) is 0 Å².